The SMILES string of the molecule is CC(C)Oc1ncccc1CNC(=O)c1ccc(NC(=O)NC2CC2)cc1. The van der Waals surface area contributed by atoms with Crippen molar-refractivity contribution in [2.75, 3.05) is 5.32 Å². The number of hydrogen-bond donors (Lipinski definition) is 3. The van der Waals surface area contributed by atoms with Crippen LogP contribution in [-0.4, -0.2) is 29.1 Å². The molecule has 0 bridgehead atoms. The van der Waals surface area contributed by atoms with Crippen LogP contribution in [-0.2, 0) is 6.54 Å². The van der Waals surface area contributed by atoms with Crippen LogP contribution in [0.15, 0.2) is 42.6 Å². The molecule has 1 aromatic heterocycles. The summed E-state index contributed by atoms with van der Waals surface area (Å²) >= 11 is 0. The molecule has 0 unspecified atom stereocenters. The van der Waals surface area contributed by atoms with Gasteiger partial charge in [0.1, 0.15) is 0 Å². The van der Waals surface area contributed by atoms with Crippen molar-refractivity contribution in [1.29, 1.82) is 0 Å². The van der Waals surface area contributed by atoms with E-state index in [1.165, 1.54) is 0 Å². The fourth-order valence-electron chi connectivity index (χ4n) is 2.45. The van der Waals surface area contributed by atoms with Gasteiger partial charge in [-0.2, -0.15) is 0 Å². The largest absolute Gasteiger partial charge is 0.475 e. The Labute approximate surface area is 158 Å². The molecule has 0 aliphatic heterocycles. The van der Waals surface area contributed by atoms with E-state index in [4.69, 9.17) is 4.74 Å². The average molecular weight is 368 g/mol. The molecule has 142 valence electrons. The highest BCUT2D eigenvalue weighted by Gasteiger charge is 2.23. The summed E-state index contributed by atoms with van der Waals surface area (Å²) in [6.45, 7) is 4.17. The Morgan fingerprint density at radius 2 is 1.93 bits per heavy atom. The number of pyridine rings is 1. The van der Waals surface area contributed by atoms with Gasteiger partial charge in [0.05, 0.1) is 6.10 Å². The lowest BCUT2D eigenvalue weighted by Crippen LogP contribution is -2.30. The number of carbonyl (C=O) groups is 2. The fraction of sp³-hybridized carbons (Fsp3) is 0.350. The van der Waals surface area contributed by atoms with Crippen molar-refractivity contribution in [2.45, 2.75) is 45.4 Å². The molecular weight excluding hydrogens is 344 g/mol. The number of hydrogen-bond acceptors (Lipinski definition) is 4. The second kappa shape index (κ2) is 8.53. The molecule has 0 radical (unpaired) electrons. The molecule has 0 atom stereocenters. The van der Waals surface area contributed by atoms with Gasteiger partial charge in [-0.15, -0.1) is 0 Å². The number of nitrogens with zero attached hydrogens (tertiary/aromatic N) is 1. The van der Waals surface area contributed by atoms with Crippen LogP contribution in [0.2, 0.25) is 0 Å². The third kappa shape index (κ3) is 5.70. The van der Waals surface area contributed by atoms with Gasteiger partial charge < -0.3 is 20.7 Å². The number of nitrogens with one attached hydrogen (secondary N) is 3. The number of anilines is 1. The minimum absolute atomic E-state index is 0.00603. The van der Waals surface area contributed by atoms with Crippen molar-refractivity contribution in [1.82, 2.24) is 15.6 Å². The topological polar surface area (TPSA) is 92.3 Å². The molecule has 3 rings (SSSR count). The summed E-state index contributed by atoms with van der Waals surface area (Å²) in [4.78, 5) is 28.3. The van der Waals surface area contributed by atoms with Gasteiger partial charge in [-0.1, -0.05) is 6.07 Å². The zero-order valence-corrected chi connectivity index (χ0v) is 15.5. The Kier molecular flexibility index (Phi) is 5.90. The Hall–Kier alpha value is -3.09. The first-order valence-electron chi connectivity index (χ1n) is 9.07. The number of benzene rings is 1. The zero-order valence-electron chi connectivity index (χ0n) is 15.5. The molecule has 3 amide bonds. The lowest BCUT2D eigenvalue weighted by atomic mass is 10.2. The third-order valence-corrected chi connectivity index (χ3v) is 3.95. The Morgan fingerprint density at radius 1 is 1.19 bits per heavy atom. The van der Waals surface area contributed by atoms with Gasteiger partial charge >= 0.3 is 6.03 Å². The maximum Gasteiger partial charge on any atom is 0.319 e. The molecule has 0 saturated heterocycles. The highest BCUT2D eigenvalue weighted by Crippen LogP contribution is 2.19. The lowest BCUT2D eigenvalue weighted by molar-refractivity contribution is 0.0950. The molecule has 1 saturated carbocycles. The molecule has 2 aromatic rings. The number of urea groups is 1. The lowest BCUT2D eigenvalue weighted by Gasteiger charge is -2.13. The number of ether oxygens (including phenoxy) is 1. The van der Waals surface area contributed by atoms with Crippen LogP contribution in [0.1, 0.15) is 42.6 Å². The van der Waals surface area contributed by atoms with Gasteiger partial charge in [0.25, 0.3) is 5.91 Å². The van der Waals surface area contributed by atoms with Crippen molar-refractivity contribution in [3.63, 3.8) is 0 Å². The van der Waals surface area contributed by atoms with E-state index in [9.17, 15) is 9.59 Å². The zero-order chi connectivity index (χ0) is 19.2. The second-order valence-corrected chi connectivity index (χ2v) is 6.77. The van der Waals surface area contributed by atoms with Gasteiger partial charge in [-0.05, 0) is 57.0 Å². The summed E-state index contributed by atoms with van der Waals surface area (Å²) in [5.41, 5.74) is 1.97. The second-order valence-electron chi connectivity index (χ2n) is 6.77. The van der Waals surface area contributed by atoms with Crippen molar-refractivity contribution in [3.8, 4) is 5.88 Å². The highest BCUT2D eigenvalue weighted by atomic mass is 16.5. The first-order chi connectivity index (χ1) is 13.0. The van der Waals surface area contributed by atoms with Crippen molar-refractivity contribution in [2.24, 2.45) is 0 Å². The van der Waals surface area contributed by atoms with E-state index in [1.807, 2.05) is 26.0 Å². The molecule has 1 aliphatic carbocycles. The van der Waals surface area contributed by atoms with E-state index < -0.39 is 0 Å². The summed E-state index contributed by atoms with van der Waals surface area (Å²) in [6.07, 6.45) is 3.74. The normalized spacial score (nSPS) is 13.1. The van der Waals surface area contributed by atoms with Crippen LogP contribution in [0, 0.1) is 0 Å². The first-order valence-corrected chi connectivity index (χ1v) is 9.07. The van der Waals surface area contributed by atoms with E-state index in [0.717, 1.165) is 18.4 Å². The number of rotatable bonds is 7. The van der Waals surface area contributed by atoms with E-state index >= 15 is 0 Å². The molecule has 1 aromatic carbocycles. The smallest absolute Gasteiger partial charge is 0.319 e. The van der Waals surface area contributed by atoms with E-state index in [0.29, 0.717) is 29.7 Å². The van der Waals surface area contributed by atoms with Gasteiger partial charge in [-0.25, -0.2) is 9.78 Å². The first kappa shape index (κ1) is 18.7. The minimum Gasteiger partial charge on any atom is -0.475 e. The Morgan fingerprint density at radius 3 is 2.59 bits per heavy atom. The number of aromatic nitrogens is 1. The van der Waals surface area contributed by atoms with Crippen LogP contribution in [0.3, 0.4) is 0 Å². The maximum absolute atomic E-state index is 12.4. The van der Waals surface area contributed by atoms with Crippen molar-refractivity contribution >= 4 is 17.6 Å². The summed E-state index contributed by atoms with van der Waals surface area (Å²) in [5.74, 6) is 0.317. The monoisotopic (exact) mass is 368 g/mol. The quantitative estimate of drug-likeness (QED) is 0.700. The van der Waals surface area contributed by atoms with E-state index in [-0.39, 0.29) is 18.0 Å². The third-order valence-electron chi connectivity index (χ3n) is 3.95. The van der Waals surface area contributed by atoms with Crippen LogP contribution < -0.4 is 20.7 Å². The molecule has 7 nitrogen and oxygen atoms in total. The average Bonchev–Trinajstić information content (AvgIpc) is 3.44. The van der Waals surface area contributed by atoms with Gasteiger partial charge in [0.15, 0.2) is 0 Å². The van der Waals surface area contributed by atoms with Crippen LogP contribution >= 0.6 is 0 Å². The van der Waals surface area contributed by atoms with Crippen LogP contribution in [0.25, 0.3) is 0 Å². The van der Waals surface area contributed by atoms with Crippen LogP contribution in [0.4, 0.5) is 10.5 Å². The molecule has 27 heavy (non-hydrogen) atoms. The highest BCUT2D eigenvalue weighted by molar-refractivity contribution is 5.95. The van der Waals surface area contributed by atoms with E-state index in [1.54, 1.807) is 30.5 Å². The maximum atomic E-state index is 12.4. The molecular formula is C20H24N4O3. The van der Waals surface area contributed by atoms with Crippen LogP contribution in [0.5, 0.6) is 5.88 Å². The van der Waals surface area contributed by atoms with E-state index in [2.05, 4.69) is 20.9 Å². The summed E-state index contributed by atoms with van der Waals surface area (Å²) in [7, 11) is 0. The minimum atomic E-state index is -0.219. The van der Waals surface area contributed by atoms with Gasteiger partial charge in [-0.3, -0.25) is 4.79 Å². The summed E-state index contributed by atoms with van der Waals surface area (Å²) < 4.78 is 5.66. The van der Waals surface area contributed by atoms with Crippen molar-refractivity contribution < 1.29 is 14.3 Å². The molecule has 1 heterocycles. The summed E-state index contributed by atoms with van der Waals surface area (Å²) in [6, 6.07) is 10.5. The number of carbonyl (C=O) groups excluding carboxylic acids is 2. The van der Waals surface area contributed by atoms with Gasteiger partial charge in [0.2, 0.25) is 5.88 Å². The molecule has 7 heteroatoms. The predicted molar refractivity (Wildman–Crippen MR) is 103 cm³/mol. The van der Waals surface area contributed by atoms with Gasteiger partial charge in [0, 0.05) is 35.6 Å². The Balaban J connectivity index is 1.54. The molecule has 0 spiro atoms. The standard InChI is InChI=1S/C20H24N4O3/c1-13(2)27-19-15(4-3-11-21-19)12-22-18(25)14-5-7-16(8-6-14)23-20(26)24-17-9-10-17/h3-8,11,13,17H,9-10,12H2,1-2H3,(H,22,25)(H2,23,24,26). The fourth-order valence-corrected chi connectivity index (χ4v) is 2.45. The predicted octanol–water partition coefficient (Wildman–Crippen LogP) is 3.08. The molecule has 1 fully saturated rings. The number of amides is 3. The van der Waals surface area contributed by atoms with Crippen molar-refractivity contribution in [3.05, 3.63) is 53.7 Å². The summed E-state index contributed by atoms with van der Waals surface area (Å²) in [5, 5.41) is 8.47. The molecule has 3 N–H and O–H groups in total. The molecule has 1 aliphatic rings. The Bertz CT molecular complexity index is 801.